The number of hydrogen-bond donors (Lipinski definition) is 0. The summed E-state index contributed by atoms with van der Waals surface area (Å²) in [5, 5.41) is 12.3. The van der Waals surface area contributed by atoms with Crippen LogP contribution in [0.15, 0.2) is 36.4 Å². The topological polar surface area (TPSA) is 72.7 Å². The van der Waals surface area contributed by atoms with Crippen molar-refractivity contribution in [2.75, 3.05) is 13.1 Å². The van der Waals surface area contributed by atoms with Gasteiger partial charge in [-0.3, -0.25) is 15.0 Å². The van der Waals surface area contributed by atoms with E-state index in [0.717, 1.165) is 30.5 Å². The van der Waals surface area contributed by atoms with Gasteiger partial charge in [-0.25, -0.2) is 4.79 Å². The maximum absolute atomic E-state index is 12.2. The van der Waals surface area contributed by atoms with Gasteiger partial charge < -0.3 is 4.18 Å². The zero-order valence-electron chi connectivity index (χ0n) is 13.9. The van der Waals surface area contributed by atoms with Crippen LogP contribution >= 0.6 is 12.0 Å². The van der Waals surface area contributed by atoms with Gasteiger partial charge in [0.15, 0.2) is 0 Å². The summed E-state index contributed by atoms with van der Waals surface area (Å²) >= 11 is 1.14. The lowest BCUT2D eigenvalue weighted by atomic mass is 10.1. The van der Waals surface area contributed by atoms with E-state index in [-0.39, 0.29) is 11.1 Å². The van der Waals surface area contributed by atoms with Crippen molar-refractivity contribution in [1.82, 2.24) is 4.90 Å². The number of carbonyl (C=O) groups excluding carboxylic acids is 1. The van der Waals surface area contributed by atoms with E-state index in [9.17, 15) is 14.9 Å². The number of hydrogen-bond acceptors (Lipinski definition) is 6. The molecule has 0 heterocycles. The first kappa shape index (κ1) is 18.2. The fourth-order valence-corrected chi connectivity index (χ4v) is 3.18. The van der Waals surface area contributed by atoms with Crippen molar-refractivity contribution < 1.29 is 13.9 Å². The second-order valence-electron chi connectivity index (χ2n) is 5.29. The largest absolute Gasteiger partial charge is 0.386 e. The molecule has 2 aromatic carbocycles. The van der Waals surface area contributed by atoms with E-state index >= 15 is 0 Å². The first-order valence-corrected chi connectivity index (χ1v) is 8.56. The number of carbonyl (C=O) groups is 1. The van der Waals surface area contributed by atoms with Crippen LogP contribution in [0.1, 0.15) is 31.1 Å². The molecule has 0 fully saturated rings. The van der Waals surface area contributed by atoms with Gasteiger partial charge in [-0.1, -0.05) is 19.9 Å². The molecule has 0 saturated heterocycles. The Kier molecular flexibility index (Phi) is 6.16. The van der Waals surface area contributed by atoms with Gasteiger partial charge in [0.2, 0.25) is 0 Å². The first-order chi connectivity index (χ1) is 11.5. The number of non-ortho nitro benzene ring substituents is 1. The van der Waals surface area contributed by atoms with Crippen LogP contribution in [0, 0.1) is 10.1 Å². The van der Waals surface area contributed by atoms with Gasteiger partial charge in [0.25, 0.3) is 5.69 Å². The number of rotatable bonds is 7. The van der Waals surface area contributed by atoms with E-state index in [1.165, 1.54) is 12.1 Å². The predicted molar refractivity (Wildman–Crippen MR) is 96.0 cm³/mol. The molecule has 0 aromatic heterocycles. The molecule has 0 bridgehead atoms. The molecule has 6 nitrogen and oxygen atoms in total. The van der Waals surface area contributed by atoms with Gasteiger partial charge in [-0.05, 0) is 49.0 Å². The van der Waals surface area contributed by atoms with E-state index in [1.807, 2.05) is 6.92 Å². The average Bonchev–Trinajstić information content (AvgIpc) is 2.59. The van der Waals surface area contributed by atoms with Crippen LogP contribution in [0.2, 0.25) is 0 Å². The molecule has 128 valence electrons. The van der Waals surface area contributed by atoms with Crippen LogP contribution in [0.5, 0.6) is 0 Å². The number of benzene rings is 2. The zero-order chi connectivity index (χ0) is 17.7. The summed E-state index contributed by atoms with van der Waals surface area (Å²) < 4.78 is 5.31. The van der Waals surface area contributed by atoms with Gasteiger partial charge in [0.1, 0.15) is 0 Å². The fourth-order valence-electron chi connectivity index (χ4n) is 2.43. The van der Waals surface area contributed by atoms with E-state index in [0.29, 0.717) is 10.9 Å². The molecule has 0 spiro atoms. The summed E-state index contributed by atoms with van der Waals surface area (Å²) in [6, 6.07) is 9.55. The minimum absolute atomic E-state index is 0.0291. The molecule has 0 amide bonds. The lowest BCUT2D eigenvalue weighted by Crippen LogP contribution is -2.30. The number of fused-ring (bicyclic) bond motifs is 1. The minimum Gasteiger partial charge on any atom is -0.386 e. The molecule has 0 aliphatic heterocycles. The van der Waals surface area contributed by atoms with Crippen LogP contribution in [-0.4, -0.2) is 34.3 Å². The standard InChI is InChI=1S/C17H20N2O4S/c1-4-18(5-2)12(3)24-23-17(20)15-7-6-14-11-16(19(21)22)9-8-13(14)10-15/h6-12H,4-5H2,1-3H3. The summed E-state index contributed by atoms with van der Waals surface area (Å²) in [6.45, 7) is 7.88. The molecule has 0 aliphatic rings. The van der Waals surface area contributed by atoms with Crippen LogP contribution < -0.4 is 0 Å². The van der Waals surface area contributed by atoms with Crippen molar-refractivity contribution in [3.63, 3.8) is 0 Å². The zero-order valence-corrected chi connectivity index (χ0v) is 14.7. The maximum atomic E-state index is 12.2. The highest BCUT2D eigenvalue weighted by Gasteiger charge is 2.16. The van der Waals surface area contributed by atoms with Crippen LogP contribution in [0.3, 0.4) is 0 Å². The highest BCUT2D eigenvalue weighted by Crippen LogP contribution is 2.24. The molecule has 1 unspecified atom stereocenters. The molecule has 24 heavy (non-hydrogen) atoms. The molecular weight excluding hydrogens is 328 g/mol. The number of nitrogens with zero attached hydrogens (tertiary/aromatic N) is 2. The Morgan fingerprint density at radius 2 is 1.83 bits per heavy atom. The Balaban J connectivity index is 2.10. The van der Waals surface area contributed by atoms with Crippen LogP contribution in [-0.2, 0) is 4.18 Å². The smallest absolute Gasteiger partial charge is 0.350 e. The van der Waals surface area contributed by atoms with Gasteiger partial charge in [0, 0.05) is 12.1 Å². The first-order valence-electron chi connectivity index (χ1n) is 7.76. The van der Waals surface area contributed by atoms with E-state index < -0.39 is 10.9 Å². The van der Waals surface area contributed by atoms with Crippen LogP contribution in [0.25, 0.3) is 10.8 Å². The third kappa shape index (κ3) is 4.24. The van der Waals surface area contributed by atoms with E-state index in [2.05, 4.69) is 18.7 Å². The molecular formula is C17H20N2O4S. The molecule has 0 N–H and O–H groups in total. The quantitative estimate of drug-likeness (QED) is 0.322. The Labute approximate surface area is 145 Å². The van der Waals surface area contributed by atoms with Crippen LogP contribution in [0.4, 0.5) is 5.69 Å². The van der Waals surface area contributed by atoms with Gasteiger partial charge in [-0.2, -0.15) is 0 Å². The molecule has 0 aliphatic carbocycles. The number of nitro groups is 1. The Hall–Kier alpha value is -2.12. The fraction of sp³-hybridized carbons (Fsp3) is 0.353. The van der Waals surface area contributed by atoms with Gasteiger partial charge in [-0.15, -0.1) is 0 Å². The normalized spacial score (nSPS) is 12.3. The van der Waals surface area contributed by atoms with Crippen molar-refractivity contribution in [2.24, 2.45) is 0 Å². The molecule has 2 aromatic rings. The summed E-state index contributed by atoms with van der Waals surface area (Å²) in [5.74, 6) is -0.417. The Bertz CT molecular complexity index is 746. The van der Waals surface area contributed by atoms with Crippen molar-refractivity contribution in [3.8, 4) is 0 Å². The van der Waals surface area contributed by atoms with Gasteiger partial charge >= 0.3 is 5.97 Å². The van der Waals surface area contributed by atoms with Gasteiger partial charge in [0.05, 0.1) is 27.9 Å². The summed E-state index contributed by atoms with van der Waals surface area (Å²) in [7, 11) is 0. The number of nitro benzene ring substituents is 1. The highest BCUT2D eigenvalue weighted by atomic mass is 32.2. The van der Waals surface area contributed by atoms with E-state index in [1.54, 1.807) is 24.3 Å². The third-order valence-corrected chi connectivity index (χ3v) is 4.68. The van der Waals surface area contributed by atoms with Crippen molar-refractivity contribution in [2.45, 2.75) is 26.1 Å². The highest BCUT2D eigenvalue weighted by molar-refractivity contribution is 7.95. The minimum atomic E-state index is -0.438. The van der Waals surface area contributed by atoms with Crippen molar-refractivity contribution >= 4 is 34.5 Å². The Morgan fingerprint density at radius 3 is 2.46 bits per heavy atom. The van der Waals surface area contributed by atoms with Crippen molar-refractivity contribution in [1.29, 1.82) is 0 Å². The molecule has 0 saturated carbocycles. The lowest BCUT2D eigenvalue weighted by molar-refractivity contribution is -0.384. The van der Waals surface area contributed by atoms with Crippen molar-refractivity contribution in [3.05, 3.63) is 52.1 Å². The summed E-state index contributed by atoms with van der Waals surface area (Å²) in [5.41, 5.74) is 0.456. The average molecular weight is 348 g/mol. The van der Waals surface area contributed by atoms with E-state index in [4.69, 9.17) is 4.18 Å². The Morgan fingerprint density at radius 1 is 1.21 bits per heavy atom. The lowest BCUT2D eigenvalue weighted by Gasteiger charge is -2.24. The maximum Gasteiger partial charge on any atom is 0.350 e. The second-order valence-corrected chi connectivity index (χ2v) is 6.33. The third-order valence-electron chi connectivity index (χ3n) is 3.86. The summed E-state index contributed by atoms with van der Waals surface area (Å²) in [4.78, 5) is 24.7. The SMILES string of the molecule is CCN(CC)C(C)SOC(=O)c1ccc2cc([N+](=O)[O-])ccc2c1. The predicted octanol–water partition coefficient (Wildman–Crippen LogP) is 4.24. The second kappa shape index (κ2) is 8.12. The molecule has 1 atom stereocenters. The monoisotopic (exact) mass is 348 g/mol. The molecule has 7 heteroatoms. The molecule has 2 rings (SSSR count). The molecule has 0 radical (unpaired) electrons. The summed E-state index contributed by atoms with van der Waals surface area (Å²) in [6.07, 6.45) is 0.